The summed E-state index contributed by atoms with van der Waals surface area (Å²) in [6, 6.07) is 9.87. The molecular formula is C16H17ClN2O2. The van der Waals surface area contributed by atoms with Crippen LogP contribution in [0.3, 0.4) is 0 Å². The fourth-order valence-electron chi connectivity index (χ4n) is 2.46. The van der Waals surface area contributed by atoms with E-state index in [-0.39, 0.29) is 0 Å². The van der Waals surface area contributed by atoms with Gasteiger partial charge in [0.15, 0.2) is 0 Å². The molecule has 0 fully saturated rings. The van der Waals surface area contributed by atoms with Crippen LogP contribution in [0.2, 0.25) is 0 Å². The van der Waals surface area contributed by atoms with Crippen molar-refractivity contribution >= 4 is 22.6 Å². The first kappa shape index (κ1) is 14.0. The largest absolute Gasteiger partial charge is 0.497 e. The summed E-state index contributed by atoms with van der Waals surface area (Å²) in [7, 11) is 1.66. The van der Waals surface area contributed by atoms with Gasteiger partial charge in [0.25, 0.3) is 0 Å². The number of aromatic nitrogens is 2. The summed E-state index contributed by atoms with van der Waals surface area (Å²) in [5.41, 5.74) is 1.97. The number of methoxy groups -OCH3 is 1. The smallest absolute Gasteiger partial charge is 0.123 e. The number of ether oxygens (including phenoxy) is 1. The molecule has 2 aromatic heterocycles. The first-order valence-corrected chi connectivity index (χ1v) is 7.39. The van der Waals surface area contributed by atoms with Crippen LogP contribution in [-0.4, -0.2) is 22.5 Å². The molecule has 0 aliphatic carbocycles. The highest BCUT2D eigenvalue weighted by Gasteiger charge is 2.13. The van der Waals surface area contributed by atoms with E-state index in [0.29, 0.717) is 12.4 Å². The van der Waals surface area contributed by atoms with Crippen molar-refractivity contribution in [2.24, 2.45) is 0 Å². The fraction of sp³-hybridized carbons (Fsp3) is 0.312. The molecule has 3 rings (SSSR count). The average Bonchev–Trinajstić information content (AvgIpc) is 3.04. The second-order valence-electron chi connectivity index (χ2n) is 4.92. The molecule has 0 saturated heterocycles. The Morgan fingerprint density at radius 2 is 2.14 bits per heavy atom. The van der Waals surface area contributed by atoms with Crippen molar-refractivity contribution in [3.63, 3.8) is 0 Å². The number of rotatable bonds is 5. The molecule has 110 valence electrons. The molecule has 4 nitrogen and oxygen atoms in total. The molecule has 21 heavy (non-hydrogen) atoms. The van der Waals surface area contributed by atoms with Gasteiger partial charge in [0.05, 0.1) is 24.7 Å². The summed E-state index contributed by atoms with van der Waals surface area (Å²) in [4.78, 5) is 4.67. The van der Waals surface area contributed by atoms with E-state index in [1.165, 1.54) is 0 Å². The Hall–Kier alpha value is -1.94. The number of halogens is 1. The molecule has 0 unspecified atom stereocenters. The van der Waals surface area contributed by atoms with E-state index in [1.54, 1.807) is 7.11 Å². The van der Waals surface area contributed by atoms with Crippen LogP contribution in [0.1, 0.15) is 17.3 Å². The van der Waals surface area contributed by atoms with Gasteiger partial charge in [0, 0.05) is 18.4 Å². The van der Waals surface area contributed by atoms with Gasteiger partial charge in [-0.15, -0.1) is 11.6 Å². The van der Waals surface area contributed by atoms with Crippen LogP contribution in [0, 0.1) is 6.92 Å². The summed E-state index contributed by atoms with van der Waals surface area (Å²) in [6.07, 6.45) is 0.720. The number of fused-ring (bicyclic) bond motifs is 1. The molecule has 0 aliphatic heterocycles. The minimum atomic E-state index is 0.539. The number of imidazole rings is 1. The van der Waals surface area contributed by atoms with E-state index in [1.807, 2.05) is 37.3 Å². The molecule has 0 saturated carbocycles. The third-order valence-electron chi connectivity index (χ3n) is 3.46. The van der Waals surface area contributed by atoms with Crippen LogP contribution in [0.25, 0.3) is 11.0 Å². The van der Waals surface area contributed by atoms with Gasteiger partial charge in [-0.1, -0.05) is 0 Å². The Balaban J connectivity index is 2.06. The lowest BCUT2D eigenvalue weighted by Gasteiger charge is -2.07. The predicted molar refractivity (Wildman–Crippen MR) is 83.3 cm³/mol. The van der Waals surface area contributed by atoms with Gasteiger partial charge in [0.2, 0.25) is 0 Å². The van der Waals surface area contributed by atoms with Crippen molar-refractivity contribution in [3.8, 4) is 5.75 Å². The normalized spacial score (nSPS) is 11.2. The maximum absolute atomic E-state index is 5.90. The van der Waals surface area contributed by atoms with Crippen molar-refractivity contribution in [1.82, 2.24) is 9.55 Å². The van der Waals surface area contributed by atoms with Crippen molar-refractivity contribution in [3.05, 3.63) is 47.7 Å². The van der Waals surface area contributed by atoms with Gasteiger partial charge in [-0.2, -0.15) is 0 Å². The van der Waals surface area contributed by atoms with E-state index in [4.69, 9.17) is 20.8 Å². The summed E-state index contributed by atoms with van der Waals surface area (Å²) < 4.78 is 13.1. The zero-order valence-corrected chi connectivity index (χ0v) is 12.9. The van der Waals surface area contributed by atoms with Crippen molar-refractivity contribution < 1.29 is 9.15 Å². The minimum absolute atomic E-state index is 0.539. The minimum Gasteiger partial charge on any atom is -0.497 e. The number of furan rings is 1. The molecule has 0 N–H and O–H groups in total. The second kappa shape index (κ2) is 5.82. The lowest BCUT2D eigenvalue weighted by Crippen LogP contribution is -2.05. The lowest BCUT2D eigenvalue weighted by molar-refractivity contribution is 0.415. The molecule has 5 heteroatoms. The Bertz CT molecular complexity index is 761. The Labute approximate surface area is 128 Å². The van der Waals surface area contributed by atoms with Gasteiger partial charge in [-0.25, -0.2) is 4.98 Å². The van der Waals surface area contributed by atoms with Crippen molar-refractivity contribution in [2.45, 2.75) is 19.9 Å². The molecule has 1 aromatic carbocycles. The van der Waals surface area contributed by atoms with Gasteiger partial charge in [-0.3, -0.25) is 0 Å². The highest BCUT2D eigenvalue weighted by atomic mass is 35.5. The summed E-state index contributed by atoms with van der Waals surface area (Å²) >= 11 is 5.90. The fourth-order valence-corrected chi connectivity index (χ4v) is 2.63. The molecule has 3 aromatic rings. The average molecular weight is 305 g/mol. The number of hydrogen-bond donors (Lipinski definition) is 0. The van der Waals surface area contributed by atoms with E-state index < -0.39 is 0 Å². The number of hydrogen-bond acceptors (Lipinski definition) is 3. The standard InChI is InChI=1S/C16H17ClN2O2/c1-11-3-4-13(21-11)10-19-15-6-5-12(20-2)9-14(15)18-16(19)7-8-17/h3-6,9H,7-8,10H2,1-2H3. The molecule has 0 amide bonds. The molecule has 0 aliphatic rings. The second-order valence-corrected chi connectivity index (χ2v) is 5.30. The summed E-state index contributed by atoms with van der Waals surface area (Å²) in [5, 5.41) is 0. The van der Waals surface area contributed by atoms with Crippen LogP contribution >= 0.6 is 11.6 Å². The van der Waals surface area contributed by atoms with Crippen molar-refractivity contribution in [1.29, 1.82) is 0 Å². The topological polar surface area (TPSA) is 40.2 Å². The number of benzene rings is 1. The molecule has 0 spiro atoms. The van der Waals surface area contributed by atoms with E-state index in [9.17, 15) is 0 Å². The van der Waals surface area contributed by atoms with Gasteiger partial charge >= 0.3 is 0 Å². The predicted octanol–water partition coefficient (Wildman–Crippen LogP) is 3.78. The highest BCUT2D eigenvalue weighted by molar-refractivity contribution is 6.17. The maximum Gasteiger partial charge on any atom is 0.123 e. The van der Waals surface area contributed by atoms with E-state index in [0.717, 1.165) is 40.5 Å². The van der Waals surface area contributed by atoms with Gasteiger partial charge < -0.3 is 13.7 Å². The SMILES string of the molecule is COc1ccc2c(c1)nc(CCCl)n2Cc1ccc(C)o1. The quantitative estimate of drug-likeness (QED) is 0.674. The summed E-state index contributed by atoms with van der Waals surface area (Å²) in [6.45, 7) is 2.60. The van der Waals surface area contributed by atoms with Gasteiger partial charge in [-0.05, 0) is 31.2 Å². The zero-order valence-electron chi connectivity index (χ0n) is 12.1. The third-order valence-corrected chi connectivity index (χ3v) is 3.65. The molecule has 2 heterocycles. The first-order chi connectivity index (χ1) is 10.2. The first-order valence-electron chi connectivity index (χ1n) is 6.85. The van der Waals surface area contributed by atoms with Crippen LogP contribution in [0.4, 0.5) is 0 Å². The third kappa shape index (κ3) is 2.76. The monoisotopic (exact) mass is 304 g/mol. The molecule has 0 bridgehead atoms. The summed E-state index contributed by atoms with van der Waals surface area (Å²) in [5.74, 6) is 4.13. The number of nitrogens with zero attached hydrogens (tertiary/aromatic N) is 2. The van der Waals surface area contributed by atoms with Crippen LogP contribution in [-0.2, 0) is 13.0 Å². The Kier molecular flexibility index (Phi) is 3.88. The maximum atomic E-state index is 5.90. The van der Waals surface area contributed by atoms with E-state index in [2.05, 4.69) is 9.55 Å². The van der Waals surface area contributed by atoms with E-state index >= 15 is 0 Å². The number of alkyl halides is 1. The van der Waals surface area contributed by atoms with Crippen LogP contribution in [0.15, 0.2) is 34.7 Å². The Morgan fingerprint density at radius 3 is 2.81 bits per heavy atom. The lowest BCUT2D eigenvalue weighted by atomic mass is 10.3. The number of aryl methyl sites for hydroxylation is 2. The Morgan fingerprint density at radius 1 is 1.29 bits per heavy atom. The van der Waals surface area contributed by atoms with Crippen LogP contribution in [0.5, 0.6) is 5.75 Å². The molecular weight excluding hydrogens is 288 g/mol. The molecule has 0 radical (unpaired) electrons. The van der Waals surface area contributed by atoms with Crippen LogP contribution < -0.4 is 4.74 Å². The van der Waals surface area contributed by atoms with Crippen molar-refractivity contribution in [2.75, 3.05) is 13.0 Å². The zero-order chi connectivity index (χ0) is 14.8. The molecule has 0 atom stereocenters. The highest BCUT2D eigenvalue weighted by Crippen LogP contribution is 2.23. The van der Waals surface area contributed by atoms with Gasteiger partial charge in [0.1, 0.15) is 23.1 Å².